The van der Waals surface area contributed by atoms with E-state index >= 15 is 0 Å². The molecule has 2 amide bonds. The van der Waals surface area contributed by atoms with Gasteiger partial charge < -0.3 is 19.3 Å². The maximum Gasteiger partial charge on any atom is 0.410 e. The van der Waals surface area contributed by atoms with Crippen molar-refractivity contribution < 1.29 is 19.1 Å². The van der Waals surface area contributed by atoms with Crippen LogP contribution in [0.5, 0.6) is 5.75 Å². The maximum atomic E-state index is 14.1. The Morgan fingerprint density at radius 3 is 2.55 bits per heavy atom. The lowest BCUT2D eigenvalue weighted by molar-refractivity contribution is -0.123. The van der Waals surface area contributed by atoms with Crippen molar-refractivity contribution in [3.63, 3.8) is 0 Å². The van der Waals surface area contributed by atoms with E-state index in [0.717, 1.165) is 22.4 Å². The Labute approximate surface area is 183 Å². The van der Waals surface area contributed by atoms with Gasteiger partial charge in [-0.2, -0.15) is 0 Å². The molecule has 0 saturated carbocycles. The molecular formula is C25H28N2O4. The second kappa shape index (κ2) is 8.10. The molecule has 0 aromatic heterocycles. The highest BCUT2D eigenvalue weighted by atomic mass is 16.5. The minimum absolute atomic E-state index is 0.00788. The molecule has 31 heavy (non-hydrogen) atoms. The molecule has 2 atom stereocenters. The van der Waals surface area contributed by atoms with Crippen LogP contribution in [0.2, 0.25) is 0 Å². The number of allylic oxidation sites excluding steroid dienone is 1. The topological polar surface area (TPSA) is 59.1 Å². The fourth-order valence-corrected chi connectivity index (χ4v) is 4.87. The minimum Gasteiger partial charge on any atom is -0.497 e. The minimum atomic E-state index is -0.845. The van der Waals surface area contributed by atoms with Gasteiger partial charge in [0.25, 0.3) is 0 Å². The van der Waals surface area contributed by atoms with Crippen molar-refractivity contribution in [2.75, 3.05) is 25.7 Å². The quantitative estimate of drug-likeness (QED) is 0.693. The normalized spacial score (nSPS) is 21.9. The van der Waals surface area contributed by atoms with Gasteiger partial charge in [-0.3, -0.25) is 4.79 Å². The third-order valence-electron chi connectivity index (χ3n) is 6.27. The van der Waals surface area contributed by atoms with Gasteiger partial charge in [0.2, 0.25) is 5.91 Å². The van der Waals surface area contributed by atoms with Crippen LogP contribution in [0.1, 0.15) is 31.4 Å². The number of carbonyl (C=O) groups is 2. The number of amides is 2. The lowest BCUT2D eigenvalue weighted by Gasteiger charge is -2.32. The molecule has 2 aromatic carbocycles. The Balaban J connectivity index is 1.87. The first kappa shape index (κ1) is 21.0. The number of methoxy groups -OCH3 is 2. The van der Waals surface area contributed by atoms with Crippen LogP contribution < -0.4 is 9.64 Å². The zero-order valence-corrected chi connectivity index (χ0v) is 18.4. The molecule has 0 radical (unpaired) electrons. The molecule has 1 saturated heterocycles. The molecule has 1 spiro atoms. The summed E-state index contributed by atoms with van der Waals surface area (Å²) in [6.07, 6.45) is 2.14. The second-order valence-corrected chi connectivity index (χ2v) is 8.33. The van der Waals surface area contributed by atoms with Crippen LogP contribution in [-0.4, -0.2) is 43.7 Å². The summed E-state index contributed by atoms with van der Waals surface area (Å²) in [7, 11) is 3.00. The highest BCUT2D eigenvalue weighted by molar-refractivity contribution is 6.09. The van der Waals surface area contributed by atoms with Crippen LogP contribution in [0.4, 0.5) is 10.5 Å². The van der Waals surface area contributed by atoms with Crippen molar-refractivity contribution in [3.05, 3.63) is 71.3 Å². The number of likely N-dealkylation sites (tertiary alicyclic amines) is 1. The van der Waals surface area contributed by atoms with E-state index in [-0.39, 0.29) is 5.91 Å². The first-order chi connectivity index (χ1) is 14.9. The van der Waals surface area contributed by atoms with E-state index in [0.29, 0.717) is 25.3 Å². The molecule has 1 fully saturated rings. The van der Waals surface area contributed by atoms with Crippen molar-refractivity contribution >= 4 is 17.7 Å². The summed E-state index contributed by atoms with van der Waals surface area (Å²) in [6, 6.07) is 15.3. The van der Waals surface area contributed by atoms with E-state index in [4.69, 9.17) is 9.47 Å². The molecule has 162 valence electrons. The molecule has 6 nitrogen and oxygen atoms in total. The van der Waals surface area contributed by atoms with Crippen molar-refractivity contribution in [3.8, 4) is 5.75 Å². The Bertz CT molecular complexity index is 1030. The predicted octanol–water partition coefficient (Wildman–Crippen LogP) is 4.29. The van der Waals surface area contributed by atoms with Crippen molar-refractivity contribution in [1.82, 2.24) is 4.90 Å². The number of hydrogen-bond donors (Lipinski definition) is 0. The van der Waals surface area contributed by atoms with Gasteiger partial charge in [0.1, 0.15) is 11.2 Å². The standard InChI is InChI=1S/C25H28N2O4/c1-17(2)14-22-25(12-13-26(22)24(29)31-4)20-11-10-19(30-3)15-21(20)27(23(25)28)16-18-8-6-5-7-9-18/h5-11,14-15,22H,12-13,16H2,1-4H3/t22?,25-/m0/s1. The Hall–Kier alpha value is -3.28. The molecule has 0 N–H and O–H groups in total. The number of carbonyl (C=O) groups excluding carboxylic acids is 2. The summed E-state index contributed by atoms with van der Waals surface area (Å²) in [5.41, 5.74) is 3.02. The fraction of sp³-hybridized carbons (Fsp3) is 0.360. The third kappa shape index (κ3) is 3.36. The number of fused-ring (bicyclic) bond motifs is 2. The largest absolute Gasteiger partial charge is 0.497 e. The molecule has 2 aliphatic heterocycles. The van der Waals surface area contributed by atoms with Gasteiger partial charge >= 0.3 is 6.09 Å². The van der Waals surface area contributed by atoms with Crippen molar-refractivity contribution in [1.29, 1.82) is 0 Å². The van der Waals surface area contributed by atoms with Crippen LogP contribution in [0, 0.1) is 0 Å². The molecule has 4 rings (SSSR count). The summed E-state index contributed by atoms with van der Waals surface area (Å²) in [4.78, 5) is 30.2. The number of anilines is 1. The van der Waals surface area contributed by atoms with Crippen LogP contribution in [-0.2, 0) is 21.5 Å². The van der Waals surface area contributed by atoms with Gasteiger partial charge in [-0.1, -0.05) is 48.0 Å². The smallest absolute Gasteiger partial charge is 0.410 e. The Morgan fingerprint density at radius 1 is 1.16 bits per heavy atom. The number of hydrogen-bond acceptors (Lipinski definition) is 4. The van der Waals surface area contributed by atoms with Crippen molar-refractivity contribution in [2.45, 2.75) is 38.3 Å². The number of rotatable bonds is 4. The Kier molecular flexibility index (Phi) is 5.48. The van der Waals surface area contributed by atoms with Gasteiger partial charge in [-0.25, -0.2) is 4.79 Å². The Morgan fingerprint density at radius 2 is 1.90 bits per heavy atom. The lowest BCUT2D eigenvalue weighted by atomic mass is 9.74. The monoisotopic (exact) mass is 420 g/mol. The SMILES string of the molecule is COC(=O)N1CC[C@@]2(C(=O)N(Cc3ccccc3)c3cc(OC)ccc32)C1C=C(C)C. The first-order valence-corrected chi connectivity index (χ1v) is 10.5. The van der Waals surface area contributed by atoms with E-state index in [1.165, 1.54) is 7.11 Å². The maximum absolute atomic E-state index is 14.1. The third-order valence-corrected chi connectivity index (χ3v) is 6.27. The van der Waals surface area contributed by atoms with E-state index in [1.54, 1.807) is 12.0 Å². The average Bonchev–Trinajstić information content (AvgIpc) is 3.25. The van der Waals surface area contributed by atoms with Crippen LogP contribution >= 0.6 is 0 Å². The first-order valence-electron chi connectivity index (χ1n) is 10.5. The number of benzene rings is 2. The predicted molar refractivity (Wildman–Crippen MR) is 119 cm³/mol. The second-order valence-electron chi connectivity index (χ2n) is 8.33. The molecular weight excluding hydrogens is 392 g/mol. The summed E-state index contributed by atoms with van der Waals surface area (Å²) in [5.74, 6) is 0.705. The molecule has 6 heteroatoms. The van der Waals surface area contributed by atoms with Crippen LogP contribution in [0.3, 0.4) is 0 Å². The molecule has 0 aliphatic carbocycles. The van der Waals surface area contributed by atoms with Gasteiger partial charge in [0.15, 0.2) is 0 Å². The molecule has 2 aliphatic rings. The van der Waals surface area contributed by atoms with Crippen molar-refractivity contribution in [2.24, 2.45) is 0 Å². The lowest BCUT2D eigenvalue weighted by Crippen LogP contribution is -2.50. The number of ether oxygens (including phenoxy) is 2. The number of nitrogens with zero attached hydrogens (tertiary/aromatic N) is 2. The highest BCUT2D eigenvalue weighted by Crippen LogP contribution is 2.52. The van der Waals surface area contributed by atoms with Gasteiger partial charge in [-0.15, -0.1) is 0 Å². The zero-order chi connectivity index (χ0) is 22.2. The molecule has 2 heterocycles. The van der Waals surface area contributed by atoms with E-state index < -0.39 is 17.6 Å². The zero-order valence-electron chi connectivity index (χ0n) is 18.4. The van der Waals surface area contributed by atoms with Crippen LogP contribution in [0.15, 0.2) is 60.2 Å². The van der Waals surface area contributed by atoms with E-state index in [9.17, 15) is 9.59 Å². The average molecular weight is 421 g/mol. The molecule has 0 bridgehead atoms. The molecule has 1 unspecified atom stereocenters. The summed E-state index contributed by atoms with van der Waals surface area (Å²) < 4.78 is 10.5. The fourth-order valence-electron chi connectivity index (χ4n) is 4.87. The van der Waals surface area contributed by atoms with E-state index in [2.05, 4.69) is 0 Å². The molecule has 2 aromatic rings. The summed E-state index contributed by atoms with van der Waals surface area (Å²) in [5, 5.41) is 0. The van der Waals surface area contributed by atoms with Gasteiger partial charge in [0, 0.05) is 12.6 Å². The summed E-state index contributed by atoms with van der Waals surface area (Å²) >= 11 is 0. The van der Waals surface area contributed by atoms with Gasteiger partial charge in [-0.05, 0) is 37.5 Å². The van der Waals surface area contributed by atoms with Gasteiger partial charge in [0.05, 0.1) is 32.5 Å². The van der Waals surface area contributed by atoms with E-state index in [1.807, 2.05) is 73.4 Å². The highest BCUT2D eigenvalue weighted by Gasteiger charge is 2.60. The summed E-state index contributed by atoms with van der Waals surface area (Å²) in [6.45, 7) is 4.88. The van der Waals surface area contributed by atoms with Crippen LogP contribution in [0.25, 0.3) is 0 Å².